The van der Waals surface area contributed by atoms with Gasteiger partial charge in [0.05, 0.1) is 5.75 Å². The van der Waals surface area contributed by atoms with Gasteiger partial charge < -0.3 is 5.73 Å². The van der Waals surface area contributed by atoms with Crippen LogP contribution in [0.2, 0.25) is 0 Å². The molecule has 0 heterocycles. The SMILES string of the molecule is C=C(C)CN(C)S(=O)(=O)Cc1ccc(CN)cc1. The first-order valence-electron chi connectivity index (χ1n) is 5.71. The third-order valence-electron chi connectivity index (χ3n) is 2.58. The fourth-order valence-corrected chi connectivity index (χ4v) is 2.82. The highest BCUT2D eigenvalue weighted by atomic mass is 32.2. The van der Waals surface area contributed by atoms with Gasteiger partial charge in [0.15, 0.2) is 0 Å². The number of benzene rings is 1. The van der Waals surface area contributed by atoms with Gasteiger partial charge in [-0.2, -0.15) is 0 Å². The van der Waals surface area contributed by atoms with Crippen LogP contribution >= 0.6 is 0 Å². The Morgan fingerprint density at radius 3 is 2.22 bits per heavy atom. The zero-order valence-corrected chi connectivity index (χ0v) is 11.7. The molecule has 0 aliphatic heterocycles. The Labute approximate surface area is 109 Å². The molecule has 0 amide bonds. The van der Waals surface area contributed by atoms with Crippen LogP contribution in [0.25, 0.3) is 0 Å². The summed E-state index contributed by atoms with van der Waals surface area (Å²) in [6.07, 6.45) is 0. The normalized spacial score (nSPS) is 11.8. The van der Waals surface area contributed by atoms with Crippen molar-refractivity contribution in [2.75, 3.05) is 13.6 Å². The Kier molecular flexibility index (Phi) is 5.07. The molecule has 0 unspecified atom stereocenters. The molecular formula is C13H20N2O2S. The van der Waals surface area contributed by atoms with Gasteiger partial charge in [0.25, 0.3) is 0 Å². The molecule has 0 radical (unpaired) electrons. The predicted octanol–water partition coefficient (Wildman–Crippen LogP) is 1.48. The molecule has 0 aliphatic carbocycles. The van der Waals surface area contributed by atoms with Crippen molar-refractivity contribution in [1.29, 1.82) is 0 Å². The van der Waals surface area contributed by atoms with Crippen molar-refractivity contribution in [1.82, 2.24) is 4.31 Å². The summed E-state index contributed by atoms with van der Waals surface area (Å²) >= 11 is 0. The van der Waals surface area contributed by atoms with Crippen molar-refractivity contribution in [2.45, 2.75) is 19.2 Å². The molecule has 0 fully saturated rings. The van der Waals surface area contributed by atoms with Crippen molar-refractivity contribution in [3.8, 4) is 0 Å². The summed E-state index contributed by atoms with van der Waals surface area (Å²) in [6, 6.07) is 7.30. The molecule has 0 saturated heterocycles. The summed E-state index contributed by atoms with van der Waals surface area (Å²) in [6.45, 7) is 6.34. The summed E-state index contributed by atoms with van der Waals surface area (Å²) in [5, 5.41) is 0. The van der Waals surface area contributed by atoms with E-state index in [1.54, 1.807) is 19.2 Å². The number of likely N-dealkylation sites (N-methyl/N-ethyl adjacent to an activating group) is 1. The summed E-state index contributed by atoms with van der Waals surface area (Å²) in [7, 11) is -1.72. The zero-order chi connectivity index (χ0) is 13.8. The van der Waals surface area contributed by atoms with Crippen LogP contribution in [0.5, 0.6) is 0 Å². The van der Waals surface area contributed by atoms with Gasteiger partial charge >= 0.3 is 0 Å². The topological polar surface area (TPSA) is 63.4 Å². The van der Waals surface area contributed by atoms with Gasteiger partial charge in [0.2, 0.25) is 10.0 Å². The van der Waals surface area contributed by atoms with Crippen molar-refractivity contribution < 1.29 is 8.42 Å². The van der Waals surface area contributed by atoms with E-state index in [2.05, 4.69) is 6.58 Å². The van der Waals surface area contributed by atoms with E-state index in [4.69, 9.17) is 5.73 Å². The summed E-state index contributed by atoms with van der Waals surface area (Å²) < 4.78 is 25.4. The van der Waals surface area contributed by atoms with Gasteiger partial charge in [0.1, 0.15) is 0 Å². The van der Waals surface area contributed by atoms with Gasteiger partial charge in [0, 0.05) is 20.1 Å². The van der Waals surface area contributed by atoms with E-state index in [-0.39, 0.29) is 5.75 Å². The van der Waals surface area contributed by atoms with Crippen molar-refractivity contribution in [3.05, 3.63) is 47.5 Å². The molecule has 1 aromatic rings. The standard InChI is InChI=1S/C13H20N2O2S/c1-11(2)9-15(3)18(16,17)10-13-6-4-12(8-14)5-7-13/h4-7H,1,8-10,14H2,2-3H3. The first-order chi connectivity index (χ1) is 8.35. The molecule has 4 nitrogen and oxygen atoms in total. The Morgan fingerprint density at radius 1 is 1.28 bits per heavy atom. The summed E-state index contributed by atoms with van der Waals surface area (Å²) in [4.78, 5) is 0. The second-order valence-corrected chi connectivity index (χ2v) is 6.57. The van der Waals surface area contributed by atoms with Gasteiger partial charge in [-0.25, -0.2) is 12.7 Å². The molecule has 1 aromatic carbocycles. The number of hydrogen-bond donors (Lipinski definition) is 1. The lowest BCUT2D eigenvalue weighted by molar-refractivity contribution is 0.492. The minimum absolute atomic E-state index is 0.00162. The Bertz CT molecular complexity index is 506. The van der Waals surface area contributed by atoms with E-state index < -0.39 is 10.0 Å². The number of hydrogen-bond acceptors (Lipinski definition) is 3. The molecule has 5 heteroatoms. The zero-order valence-electron chi connectivity index (χ0n) is 10.9. The van der Waals surface area contributed by atoms with Crippen LogP contribution in [-0.4, -0.2) is 26.3 Å². The smallest absolute Gasteiger partial charge is 0.218 e. The van der Waals surface area contributed by atoms with E-state index in [1.807, 2.05) is 19.1 Å². The number of nitrogens with zero attached hydrogens (tertiary/aromatic N) is 1. The largest absolute Gasteiger partial charge is 0.326 e. The van der Waals surface area contributed by atoms with Gasteiger partial charge in [-0.15, -0.1) is 0 Å². The molecule has 0 spiro atoms. The van der Waals surface area contributed by atoms with Crippen molar-refractivity contribution in [2.24, 2.45) is 5.73 Å². The molecule has 0 aliphatic rings. The van der Waals surface area contributed by atoms with E-state index in [0.717, 1.165) is 16.7 Å². The third kappa shape index (κ3) is 4.25. The maximum absolute atomic E-state index is 12.1. The Hall–Kier alpha value is -1.17. The van der Waals surface area contributed by atoms with Crippen LogP contribution in [0.1, 0.15) is 18.1 Å². The number of nitrogens with two attached hydrogens (primary N) is 1. The maximum atomic E-state index is 12.1. The minimum Gasteiger partial charge on any atom is -0.326 e. The van der Waals surface area contributed by atoms with Crippen LogP contribution in [0.4, 0.5) is 0 Å². The Morgan fingerprint density at radius 2 is 1.78 bits per heavy atom. The predicted molar refractivity (Wildman–Crippen MR) is 74.4 cm³/mol. The van der Waals surface area contributed by atoms with Crippen LogP contribution in [-0.2, 0) is 22.3 Å². The quantitative estimate of drug-likeness (QED) is 0.795. The molecule has 2 N–H and O–H groups in total. The van der Waals surface area contributed by atoms with Gasteiger partial charge in [-0.1, -0.05) is 36.4 Å². The molecule has 1 rings (SSSR count). The van der Waals surface area contributed by atoms with E-state index in [9.17, 15) is 8.42 Å². The number of rotatable bonds is 6. The summed E-state index contributed by atoms with van der Waals surface area (Å²) in [5.41, 5.74) is 8.07. The second-order valence-electron chi connectivity index (χ2n) is 4.49. The monoisotopic (exact) mass is 268 g/mol. The van der Waals surface area contributed by atoms with Crippen LogP contribution in [0.15, 0.2) is 36.4 Å². The lowest BCUT2D eigenvalue weighted by atomic mass is 10.1. The molecule has 0 bridgehead atoms. The molecule has 18 heavy (non-hydrogen) atoms. The minimum atomic E-state index is -3.29. The van der Waals surface area contributed by atoms with Crippen LogP contribution in [0, 0.1) is 0 Å². The molecular weight excluding hydrogens is 248 g/mol. The average molecular weight is 268 g/mol. The van der Waals surface area contributed by atoms with E-state index >= 15 is 0 Å². The van der Waals surface area contributed by atoms with Crippen LogP contribution < -0.4 is 5.73 Å². The highest BCUT2D eigenvalue weighted by Gasteiger charge is 2.18. The third-order valence-corrected chi connectivity index (χ3v) is 4.35. The van der Waals surface area contributed by atoms with Crippen LogP contribution in [0.3, 0.4) is 0 Å². The number of sulfonamides is 1. The molecule has 0 aromatic heterocycles. The highest BCUT2D eigenvalue weighted by molar-refractivity contribution is 7.88. The fraction of sp³-hybridized carbons (Fsp3) is 0.385. The summed E-state index contributed by atoms with van der Waals surface area (Å²) in [5.74, 6) is 0.00162. The maximum Gasteiger partial charge on any atom is 0.218 e. The van der Waals surface area contributed by atoms with Gasteiger partial charge in [-0.05, 0) is 18.1 Å². The first-order valence-corrected chi connectivity index (χ1v) is 7.32. The highest BCUT2D eigenvalue weighted by Crippen LogP contribution is 2.11. The van der Waals surface area contributed by atoms with Crippen molar-refractivity contribution in [3.63, 3.8) is 0 Å². The fourth-order valence-electron chi connectivity index (χ4n) is 1.57. The van der Waals surface area contributed by atoms with Gasteiger partial charge in [-0.3, -0.25) is 0 Å². The lowest BCUT2D eigenvalue weighted by Crippen LogP contribution is -2.29. The lowest BCUT2D eigenvalue weighted by Gasteiger charge is -2.17. The second kappa shape index (κ2) is 6.13. The molecule has 0 saturated carbocycles. The van der Waals surface area contributed by atoms with Crippen molar-refractivity contribution >= 4 is 10.0 Å². The van der Waals surface area contributed by atoms with E-state index in [0.29, 0.717) is 13.1 Å². The molecule has 100 valence electrons. The van der Waals surface area contributed by atoms with E-state index in [1.165, 1.54) is 4.31 Å². The Balaban J connectivity index is 2.78. The average Bonchev–Trinajstić information content (AvgIpc) is 2.28. The first kappa shape index (κ1) is 14.9. The molecule has 0 atom stereocenters.